The number of carboxylic acids is 1. The number of esters is 1. The van der Waals surface area contributed by atoms with Gasteiger partial charge in [0, 0.05) is 59.6 Å². The lowest BCUT2D eigenvalue weighted by Crippen LogP contribution is -2.28. The van der Waals surface area contributed by atoms with E-state index in [1.54, 1.807) is 18.2 Å². The Morgan fingerprint density at radius 1 is 0.704 bits per heavy atom. The number of carbonyl (C=O) groups is 2. The molecule has 2 aliphatic carbocycles. The monoisotopic (exact) mass is 748 g/mol. The number of ether oxygens (including phenoxy) is 3. The number of aromatic carboxylic acids is 1. The molecule has 54 heavy (non-hydrogen) atoms. The Morgan fingerprint density at radius 2 is 1.15 bits per heavy atom. The largest absolute Gasteiger partial charge is 0.478 e. The summed E-state index contributed by atoms with van der Waals surface area (Å²) in [5.74, 6) is 1.46. The van der Waals surface area contributed by atoms with Gasteiger partial charge in [-0.25, -0.2) is 18.4 Å². The number of aryl methyl sites for hydroxylation is 2. The first-order valence-electron chi connectivity index (χ1n) is 20.4. The lowest BCUT2D eigenvalue weighted by Gasteiger charge is -2.33. The van der Waals surface area contributed by atoms with Gasteiger partial charge in [-0.2, -0.15) is 0 Å². The summed E-state index contributed by atoms with van der Waals surface area (Å²) >= 11 is 0. The molecule has 0 saturated carbocycles. The molecule has 4 aromatic rings. The number of rotatable bonds is 9. The van der Waals surface area contributed by atoms with Crippen molar-refractivity contribution in [3.05, 3.63) is 70.0 Å². The van der Waals surface area contributed by atoms with Crippen molar-refractivity contribution in [2.75, 3.05) is 46.4 Å². The predicted molar refractivity (Wildman–Crippen MR) is 208 cm³/mol. The standard InChI is InChI=1S/C22H28FNO3.C20H24FNO3.C2H6/c1-2-27-22(25)17-4-6-21-19(14-17)18-13-16(15-7-11-26-12-8-15)3-5-20(18)24(21)10-9-23;21-7-8-22-18-3-1-14(13-5-9-25-10-6-13)11-16(18)17-12-15(20(23)24)2-4-19(17)22;1-2/h4,6,14-16H,2-3,5,7-13H2,1H3;2,4,12-14H,1,3,5-11H2,(H,23,24);1-2H3. The fraction of sp³-hybridized carbons (Fsp3) is 0.591. The molecule has 2 aromatic heterocycles. The molecule has 8 nitrogen and oxygen atoms in total. The van der Waals surface area contributed by atoms with Crippen LogP contribution < -0.4 is 0 Å². The molecule has 2 aromatic carbocycles. The van der Waals surface area contributed by atoms with Crippen molar-refractivity contribution in [1.82, 2.24) is 9.13 Å². The van der Waals surface area contributed by atoms with Crippen LogP contribution in [0.15, 0.2) is 36.4 Å². The summed E-state index contributed by atoms with van der Waals surface area (Å²) in [6, 6.07) is 11.0. The molecule has 1 N–H and O–H groups in total. The van der Waals surface area contributed by atoms with Crippen LogP contribution >= 0.6 is 0 Å². The highest BCUT2D eigenvalue weighted by atomic mass is 19.1. The average Bonchev–Trinajstić information content (AvgIpc) is 3.70. The van der Waals surface area contributed by atoms with Gasteiger partial charge in [-0.3, -0.25) is 0 Å². The molecule has 2 aliphatic heterocycles. The van der Waals surface area contributed by atoms with Crippen LogP contribution in [-0.4, -0.2) is 72.6 Å². The SMILES string of the molecule is CC.CCOC(=O)c1ccc2c(c1)c1c(n2CCF)CCC(C2CCOCC2)C1.O=C(O)c1ccc2c(c1)c1c(n2CCF)CCC(C2CCOCC2)C1. The zero-order valence-corrected chi connectivity index (χ0v) is 32.3. The number of halogens is 2. The van der Waals surface area contributed by atoms with Crippen molar-refractivity contribution in [3.63, 3.8) is 0 Å². The lowest BCUT2D eigenvalue weighted by atomic mass is 9.75. The second-order valence-electron chi connectivity index (χ2n) is 14.9. The van der Waals surface area contributed by atoms with E-state index in [2.05, 4.69) is 9.13 Å². The molecular weight excluding hydrogens is 690 g/mol. The molecular formula is C44H58F2N2O6. The molecule has 0 spiro atoms. The van der Waals surface area contributed by atoms with Crippen molar-refractivity contribution >= 4 is 33.7 Å². The van der Waals surface area contributed by atoms with Crippen molar-refractivity contribution < 1.29 is 37.7 Å². The maximum absolute atomic E-state index is 13.2. The quantitative estimate of drug-likeness (QED) is 0.172. The van der Waals surface area contributed by atoms with E-state index >= 15 is 0 Å². The van der Waals surface area contributed by atoms with E-state index in [1.165, 1.54) is 22.5 Å². The highest BCUT2D eigenvalue weighted by molar-refractivity contribution is 5.97. The Hall–Kier alpha value is -3.76. The minimum Gasteiger partial charge on any atom is -0.478 e. The molecule has 0 bridgehead atoms. The van der Waals surface area contributed by atoms with Crippen molar-refractivity contribution in [3.8, 4) is 0 Å². The van der Waals surface area contributed by atoms with E-state index < -0.39 is 12.6 Å². The molecule has 0 radical (unpaired) electrons. The van der Waals surface area contributed by atoms with Crippen LogP contribution in [-0.2, 0) is 53.0 Å². The highest BCUT2D eigenvalue weighted by Gasteiger charge is 2.33. The van der Waals surface area contributed by atoms with Gasteiger partial charge in [-0.15, -0.1) is 0 Å². The Kier molecular flexibility index (Phi) is 13.8. The number of fused-ring (bicyclic) bond motifs is 6. The average molecular weight is 749 g/mol. The van der Waals surface area contributed by atoms with Crippen LogP contribution in [0.4, 0.5) is 8.78 Å². The molecule has 4 heterocycles. The number of aromatic nitrogens is 2. The van der Waals surface area contributed by atoms with Gasteiger partial charge in [0.2, 0.25) is 0 Å². The Morgan fingerprint density at radius 3 is 1.57 bits per heavy atom. The first-order valence-corrected chi connectivity index (χ1v) is 20.4. The number of carbonyl (C=O) groups excluding carboxylic acids is 1. The van der Waals surface area contributed by atoms with Gasteiger partial charge >= 0.3 is 11.9 Å². The van der Waals surface area contributed by atoms with Crippen molar-refractivity contribution in [2.24, 2.45) is 23.7 Å². The van der Waals surface area contributed by atoms with Gasteiger partial charge in [0.15, 0.2) is 0 Å². The Balaban J connectivity index is 0.000000177. The number of hydrogen-bond donors (Lipinski definition) is 1. The molecule has 2 fully saturated rings. The zero-order chi connectivity index (χ0) is 38.2. The maximum Gasteiger partial charge on any atom is 0.338 e. The first-order chi connectivity index (χ1) is 26.4. The van der Waals surface area contributed by atoms with E-state index in [-0.39, 0.29) is 12.6 Å². The van der Waals surface area contributed by atoms with Gasteiger partial charge in [0.05, 0.1) is 30.8 Å². The van der Waals surface area contributed by atoms with Crippen LogP contribution in [0.2, 0.25) is 0 Å². The summed E-state index contributed by atoms with van der Waals surface area (Å²) < 4.78 is 46.7. The molecule has 2 atom stereocenters. The van der Waals surface area contributed by atoms with E-state index in [9.17, 15) is 23.5 Å². The number of carboxylic acid groups (broad SMARTS) is 1. The number of benzene rings is 2. The lowest BCUT2D eigenvalue weighted by molar-refractivity contribution is 0.0438. The molecule has 10 heteroatoms. The topological polar surface area (TPSA) is 91.9 Å². The fourth-order valence-electron chi connectivity index (χ4n) is 9.69. The first kappa shape index (κ1) is 39.9. The minimum atomic E-state index is -0.911. The highest BCUT2D eigenvalue weighted by Crippen LogP contribution is 2.41. The molecule has 4 aliphatic rings. The molecule has 294 valence electrons. The fourth-order valence-corrected chi connectivity index (χ4v) is 9.69. The van der Waals surface area contributed by atoms with Crippen LogP contribution in [0.25, 0.3) is 21.8 Å². The second kappa shape index (κ2) is 18.7. The number of hydrogen-bond acceptors (Lipinski definition) is 5. The second-order valence-corrected chi connectivity index (χ2v) is 14.9. The van der Waals surface area contributed by atoms with Crippen LogP contribution in [0.3, 0.4) is 0 Å². The van der Waals surface area contributed by atoms with Gasteiger partial charge in [-0.1, -0.05) is 13.8 Å². The normalized spacial score (nSPS) is 20.3. The maximum atomic E-state index is 13.2. The number of nitrogens with zero attached hydrogens (tertiary/aromatic N) is 2. The molecule has 8 rings (SSSR count). The Labute approximate surface area is 318 Å². The third kappa shape index (κ3) is 8.40. The van der Waals surface area contributed by atoms with Crippen molar-refractivity contribution in [2.45, 2.75) is 98.1 Å². The zero-order valence-electron chi connectivity index (χ0n) is 32.3. The van der Waals surface area contributed by atoms with E-state index in [0.29, 0.717) is 54.5 Å². The molecule has 2 unspecified atom stereocenters. The smallest absolute Gasteiger partial charge is 0.338 e. The van der Waals surface area contributed by atoms with Crippen molar-refractivity contribution in [1.29, 1.82) is 0 Å². The third-order valence-corrected chi connectivity index (χ3v) is 12.2. The summed E-state index contributed by atoms with van der Waals surface area (Å²) in [5.41, 5.74) is 7.92. The van der Waals surface area contributed by atoms with Gasteiger partial charge in [0.1, 0.15) is 13.3 Å². The van der Waals surface area contributed by atoms with Gasteiger partial charge in [-0.05, 0) is 142 Å². The Bertz CT molecular complexity index is 1890. The van der Waals surface area contributed by atoms with Gasteiger partial charge in [0.25, 0.3) is 0 Å². The summed E-state index contributed by atoms with van der Waals surface area (Å²) in [7, 11) is 0. The predicted octanol–water partition coefficient (Wildman–Crippen LogP) is 9.19. The van der Waals surface area contributed by atoms with Gasteiger partial charge < -0.3 is 28.5 Å². The van der Waals surface area contributed by atoms with E-state index in [1.807, 2.05) is 39.0 Å². The van der Waals surface area contributed by atoms with E-state index in [0.717, 1.165) is 112 Å². The molecule has 2 saturated heterocycles. The summed E-state index contributed by atoms with van der Waals surface area (Å²) in [6.07, 6.45) is 10.7. The summed E-state index contributed by atoms with van der Waals surface area (Å²) in [6.45, 7) is 9.56. The molecule has 0 amide bonds. The summed E-state index contributed by atoms with van der Waals surface area (Å²) in [4.78, 5) is 23.6. The minimum absolute atomic E-state index is 0.289. The van der Waals surface area contributed by atoms with Crippen LogP contribution in [0.5, 0.6) is 0 Å². The van der Waals surface area contributed by atoms with E-state index in [4.69, 9.17) is 14.2 Å². The van der Waals surface area contributed by atoms with Crippen LogP contribution in [0, 0.1) is 23.7 Å². The van der Waals surface area contributed by atoms with Crippen LogP contribution in [0.1, 0.15) is 103 Å². The third-order valence-electron chi connectivity index (χ3n) is 12.2. The summed E-state index contributed by atoms with van der Waals surface area (Å²) in [5, 5.41) is 11.4. The number of alkyl halides is 2.